The molecule has 0 unspecified atom stereocenters. The van der Waals surface area contributed by atoms with Crippen LogP contribution >= 0.6 is 23.2 Å². The fourth-order valence-electron chi connectivity index (χ4n) is 2.09. The van der Waals surface area contributed by atoms with Crippen LogP contribution in [0.15, 0.2) is 30.3 Å². The highest BCUT2D eigenvalue weighted by atomic mass is 35.5. The second-order valence-corrected chi connectivity index (χ2v) is 5.97. The molecule has 0 aromatic heterocycles. The Labute approximate surface area is 143 Å². The molecule has 0 spiro atoms. The molecule has 7 heteroatoms. The number of ether oxygens (including phenoxy) is 2. The SMILES string of the molecule is COc1ccc(Oc2c(Cl)cc([N+](=O)[O-])cc2Cl)cc1C(C)C. The Balaban J connectivity index is 2.40. The molecule has 0 aliphatic rings. The van der Waals surface area contributed by atoms with Crippen molar-refractivity contribution in [3.63, 3.8) is 0 Å². The predicted octanol–water partition coefficient (Wildman–Crippen LogP) is 5.83. The Morgan fingerprint density at radius 2 is 1.74 bits per heavy atom. The lowest BCUT2D eigenvalue weighted by atomic mass is 10.0. The highest BCUT2D eigenvalue weighted by molar-refractivity contribution is 6.37. The van der Waals surface area contributed by atoms with Crippen LogP contribution in [0.5, 0.6) is 17.2 Å². The van der Waals surface area contributed by atoms with Crippen LogP contribution in [0.3, 0.4) is 0 Å². The molecule has 2 aromatic rings. The van der Waals surface area contributed by atoms with Crippen molar-refractivity contribution in [2.75, 3.05) is 7.11 Å². The van der Waals surface area contributed by atoms with Crippen LogP contribution in [-0.4, -0.2) is 12.0 Å². The molecule has 0 heterocycles. The van der Waals surface area contributed by atoms with Gasteiger partial charge in [-0.1, -0.05) is 37.0 Å². The number of hydrogen-bond acceptors (Lipinski definition) is 4. The first-order valence-electron chi connectivity index (χ1n) is 6.82. The molecular weight excluding hydrogens is 341 g/mol. The third-order valence-corrected chi connectivity index (χ3v) is 3.80. The third kappa shape index (κ3) is 3.86. The zero-order valence-electron chi connectivity index (χ0n) is 12.8. The van der Waals surface area contributed by atoms with Crippen LogP contribution < -0.4 is 9.47 Å². The summed E-state index contributed by atoms with van der Waals surface area (Å²) in [7, 11) is 1.60. The first-order chi connectivity index (χ1) is 10.8. The normalized spacial score (nSPS) is 10.7. The average molecular weight is 356 g/mol. The second kappa shape index (κ2) is 7.06. The molecule has 2 rings (SSSR count). The van der Waals surface area contributed by atoms with Crippen molar-refractivity contribution < 1.29 is 14.4 Å². The summed E-state index contributed by atoms with van der Waals surface area (Å²) < 4.78 is 11.0. The molecule has 23 heavy (non-hydrogen) atoms. The van der Waals surface area contributed by atoms with E-state index >= 15 is 0 Å². The average Bonchev–Trinajstić information content (AvgIpc) is 2.50. The van der Waals surface area contributed by atoms with Crippen molar-refractivity contribution in [1.29, 1.82) is 0 Å². The van der Waals surface area contributed by atoms with Crippen LogP contribution in [0.1, 0.15) is 25.3 Å². The molecule has 0 N–H and O–H groups in total. The molecule has 5 nitrogen and oxygen atoms in total. The molecule has 2 aromatic carbocycles. The molecule has 122 valence electrons. The number of rotatable bonds is 5. The molecule has 0 aliphatic carbocycles. The molecule has 0 saturated heterocycles. The van der Waals surface area contributed by atoms with E-state index in [1.165, 1.54) is 12.1 Å². The van der Waals surface area contributed by atoms with E-state index in [0.717, 1.165) is 11.3 Å². The zero-order valence-corrected chi connectivity index (χ0v) is 14.3. The van der Waals surface area contributed by atoms with E-state index in [0.29, 0.717) is 5.75 Å². The molecule has 0 fully saturated rings. The summed E-state index contributed by atoms with van der Waals surface area (Å²) in [5, 5.41) is 10.9. The van der Waals surface area contributed by atoms with Crippen molar-refractivity contribution in [2.45, 2.75) is 19.8 Å². The van der Waals surface area contributed by atoms with Gasteiger partial charge in [0.2, 0.25) is 0 Å². The van der Waals surface area contributed by atoms with Crippen LogP contribution in [-0.2, 0) is 0 Å². The van der Waals surface area contributed by atoms with E-state index < -0.39 is 4.92 Å². The maximum atomic E-state index is 10.8. The minimum Gasteiger partial charge on any atom is -0.496 e. The van der Waals surface area contributed by atoms with Gasteiger partial charge in [0, 0.05) is 17.7 Å². The Kier molecular flexibility index (Phi) is 5.34. The fourth-order valence-corrected chi connectivity index (χ4v) is 2.65. The smallest absolute Gasteiger partial charge is 0.272 e. The van der Waals surface area contributed by atoms with Crippen molar-refractivity contribution in [2.24, 2.45) is 0 Å². The van der Waals surface area contributed by atoms with Crippen LogP contribution in [0.25, 0.3) is 0 Å². The first-order valence-corrected chi connectivity index (χ1v) is 7.58. The van der Waals surface area contributed by atoms with E-state index in [1.807, 2.05) is 19.9 Å². The topological polar surface area (TPSA) is 61.6 Å². The highest BCUT2D eigenvalue weighted by Gasteiger charge is 2.17. The second-order valence-electron chi connectivity index (χ2n) is 5.16. The number of halogens is 2. The summed E-state index contributed by atoms with van der Waals surface area (Å²) in [5.74, 6) is 1.69. The van der Waals surface area contributed by atoms with Crippen molar-refractivity contribution in [3.05, 3.63) is 56.1 Å². The Bertz CT molecular complexity index is 724. The summed E-state index contributed by atoms with van der Waals surface area (Å²) in [6, 6.07) is 7.75. The third-order valence-electron chi connectivity index (χ3n) is 3.24. The van der Waals surface area contributed by atoms with E-state index in [1.54, 1.807) is 19.2 Å². The fraction of sp³-hybridized carbons (Fsp3) is 0.250. The van der Waals surface area contributed by atoms with Crippen LogP contribution in [0.2, 0.25) is 10.0 Å². The summed E-state index contributed by atoms with van der Waals surface area (Å²) in [6.07, 6.45) is 0. The van der Waals surface area contributed by atoms with Gasteiger partial charge in [0.1, 0.15) is 11.5 Å². The molecular formula is C16H15Cl2NO4. The minimum absolute atomic E-state index is 0.0751. The molecule has 0 bridgehead atoms. The van der Waals surface area contributed by atoms with Gasteiger partial charge >= 0.3 is 0 Å². The first kappa shape index (κ1) is 17.4. The van der Waals surface area contributed by atoms with Gasteiger partial charge in [-0.25, -0.2) is 0 Å². The van der Waals surface area contributed by atoms with E-state index in [2.05, 4.69) is 0 Å². The van der Waals surface area contributed by atoms with Gasteiger partial charge in [-0.15, -0.1) is 0 Å². The lowest BCUT2D eigenvalue weighted by Crippen LogP contribution is -1.96. The number of nitro benzene ring substituents is 1. The van der Waals surface area contributed by atoms with Crippen LogP contribution in [0.4, 0.5) is 5.69 Å². The number of methoxy groups -OCH3 is 1. The summed E-state index contributed by atoms with van der Waals surface area (Å²) in [5.41, 5.74) is 0.782. The largest absolute Gasteiger partial charge is 0.496 e. The Morgan fingerprint density at radius 1 is 1.13 bits per heavy atom. The standard InChI is InChI=1S/C16H15Cl2NO4/c1-9(2)12-8-11(4-5-15(12)22-3)23-16-13(17)6-10(19(20)21)7-14(16)18/h4-9H,1-3H3. The van der Waals surface area contributed by atoms with Crippen molar-refractivity contribution in [3.8, 4) is 17.2 Å². The van der Waals surface area contributed by atoms with Gasteiger partial charge in [-0.2, -0.15) is 0 Å². The summed E-state index contributed by atoms with van der Waals surface area (Å²) in [6.45, 7) is 4.07. The summed E-state index contributed by atoms with van der Waals surface area (Å²) >= 11 is 12.1. The number of nitrogens with zero attached hydrogens (tertiary/aromatic N) is 1. The van der Waals surface area contributed by atoms with Crippen molar-refractivity contribution in [1.82, 2.24) is 0 Å². The lowest BCUT2D eigenvalue weighted by molar-refractivity contribution is -0.384. The molecule has 0 atom stereocenters. The molecule has 0 aliphatic heterocycles. The predicted molar refractivity (Wildman–Crippen MR) is 90.3 cm³/mol. The van der Waals surface area contributed by atoms with E-state index in [9.17, 15) is 10.1 Å². The molecule has 0 amide bonds. The van der Waals surface area contributed by atoms with Crippen LogP contribution in [0, 0.1) is 10.1 Å². The van der Waals surface area contributed by atoms with Gasteiger partial charge in [0.25, 0.3) is 5.69 Å². The monoisotopic (exact) mass is 355 g/mol. The van der Waals surface area contributed by atoms with E-state index in [-0.39, 0.29) is 27.4 Å². The van der Waals surface area contributed by atoms with Gasteiger partial charge in [0.05, 0.1) is 22.1 Å². The van der Waals surface area contributed by atoms with Gasteiger partial charge < -0.3 is 9.47 Å². The minimum atomic E-state index is -0.564. The molecule has 0 radical (unpaired) electrons. The maximum absolute atomic E-state index is 10.8. The highest BCUT2D eigenvalue weighted by Crippen LogP contribution is 2.40. The zero-order chi connectivity index (χ0) is 17.1. The number of non-ortho nitro benzene ring substituents is 1. The Hall–Kier alpha value is -1.98. The maximum Gasteiger partial charge on any atom is 0.272 e. The van der Waals surface area contributed by atoms with Gasteiger partial charge in [-0.05, 0) is 24.1 Å². The van der Waals surface area contributed by atoms with E-state index in [4.69, 9.17) is 32.7 Å². The molecule has 0 saturated carbocycles. The lowest BCUT2D eigenvalue weighted by Gasteiger charge is -2.15. The number of benzene rings is 2. The van der Waals surface area contributed by atoms with Crippen molar-refractivity contribution >= 4 is 28.9 Å². The van der Waals surface area contributed by atoms with Gasteiger partial charge in [0.15, 0.2) is 5.75 Å². The number of nitro groups is 1. The quantitative estimate of drug-likeness (QED) is 0.500. The Morgan fingerprint density at radius 3 is 2.22 bits per heavy atom. The number of hydrogen-bond donors (Lipinski definition) is 0. The summed E-state index contributed by atoms with van der Waals surface area (Å²) in [4.78, 5) is 10.2. The van der Waals surface area contributed by atoms with Gasteiger partial charge in [-0.3, -0.25) is 10.1 Å².